The zero-order valence-electron chi connectivity index (χ0n) is 18.8. The van der Waals surface area contributed by atoms with E-state index in [-0.39, 0.29) is 12.4 Å². The molecule has 9 heteroatoms. The van der Waals surface area contributed by atoms with E-state index in [0.717, 1.165) is 36.2 Å². The number of halogens is 4. The number of ether oxygens (including phenoxy) is 1. The molecule has 1 aliphatic rings. The summed E-state index contributed by atoms with van der Waals surface area (Å²) < 4.78 is 62.8. The Labute approximate surface area is 194 Å². The van der Waals surface area contributed by atoms with Crippen LogP contribution in [-0.2, 0) is 27.5 Å². The smallest absolute Gasteiger partial charge is 0.416 e. The lowest BCUT2D eigenvalue weighted by Gasteiger charge is -2.40. The number of aromatic nitrogens is 1. The third-order valence-electron chi connectivity index (χ3n) is 6.54. The number of carbonyl (C=O) groups is 1. The molecule has 0 unspecified atom stereocenters. The van der Waals surface area contributed by atoms with Crippen LogP contribution in [0.5, 0.6) is 0 Å². The van der Waals surface area contributed by atoms with Gasteiger partial charge in [0.15, 0.2) is 5.58 Å². The molecule has 34 heavy (non-hydrogen) atoms. The highest BCUT2D eigenvalue weighted by molar-refractivity contribution is 5.83. The summed E-state index contributed by atoms with van der Waals surface area (Å²) in [6.07, 6.45) is -2.04. The van der Waals surface area contributed by atoms with Crippen LogP contribution in [0.3, 0.4) is 0 Å². The number of likely N-dealkylation sites (tertiary alicyclic amines) is 1. The van der Waals surface area contributed by atoms with Crippen LogP contribution >= 0.6 is 0 Å². The first kappa shape index (κ1) is 24.2. The average Bonchev–Trinajstić information content (AvgIpc) is 3.21. The number of hydrogen-bond acceptors (Lipinski definition) is 5. The Hall–Kier alpha value is -2.94. The van der Waals surface area contributed by atoms with Crippen molar-refractivity contribution in [3.8, 4) is 0 Å². The summed E-state index contributed by atoms with van der Waals surface area (Å²) in [6.45, 7) is 3.92. The van der Waals surface area contributed by atoms with Crippen LogP contribution in [0.2, 0.25) is 0 Å². The number of piperidine rings is 1. The highest BCUT2D eigenvalue weighted by Gasteiger charge is 2.44. The monoisotopic (exact) mass is 478 g/mol. The summed E-state index contributed by atoms with van der Waals surface area (Å²) in [7, 11) is 0. The first-order valence-corrected chi connectivity index (χ1v) is 11.3. The lowest BCUT2D eigenvalue weighted by Crippen LogP contribution is -2.48. The first-order valence-electron chi connectivity index (χ1n) is 11.3. The lowest BCUT2D eigenvalue weighted by molar-refractivity contribution is -0.152. The van der Waals surface area contributed by atoms with Crippen LogP contribution in [0.4, 0.5) is 17.6 Å². The van der Waals surface area contributed by atoms with Crippen molar-refractivity contribution in [3.63, 3.8) is 0 Å². The summed E-state index contributed by atoms with van der Waals surface area (Å²) in [5, 5.41) is 4.84. The van der Waals surface area contributed by atoms with Crippen molar-refractivity contribution in [2.45, 2.75) is 44.2 Å². The van der Waals surface area contributed by atoms with E-state index < -0.39 is 23.1 Å². The molecule has 0 N–H and O–H groups in total. The summed E-state index contributed by atoms with van der Waals surface area (Å²) in [6, 6.07) is 9.20. The van der Waals surface area contributed by atoms with Gasteiger partial charge in [-0.2, -0.15) is 13.2 Å². The van der Waals surface area contributed by atoms with Crippen LogP contribution in [0.1, 0.15) is 43.0 Å². The van der Waals surface area contributed by atoms with E-state index in [2.05, 4.69) is 10.1 Å². The molecule has 0 radical (unpaired) electrons. The number of fused-ring (bicyclic) bond motifs is 1. The minimum Gasteiger partial charge on any atom is -0.465 e. The molecular formula is C25H26F4N2O3. The van der Waals surface area contributed by atoms with Crippen LogP contribution in [0.15, 0.2) is 47.0 Å². The normalized spacial score (nSPS) is 16.6. The molecule has 2 aromatic carbocycles. The van der Waals surface area contributed by atoms with Gasteiger partial charge in [0.25, 0.3) is 0 Å². The lowest BCUT2D eigenvalue weighted by atomic mass is 9.72. The van der Waals surface area contributed by atoms with Gasteiger partial charge in [-0.1, -0.05) is 17.3 Å². The number of alkyl halides is 3. The molecule has 4 rings (SSSR count). The van der Waals surface area contributed by atoms with Gasteiger partial charge in [-0.25, -0.2) is 4.39 Å². The van der Waals surface area contributed by atoms with E-state index in [1.165, 1.54) is 24.3 Å². The number of carbonyl (C=O) groups excluding carboxylic acids is 1. The molecule has 182 valence electrons. The van der Waals surface area contributed by atoms with Gasteiger partial charge in [-0.15, -0.1) is 0 Å². The van der Waals surface area contributed by atoms with Gasteiger partial charge in [0.2, 0.25) is 0 Å². The summed E-state index contributed by atoms with van der Waals surface area (Å²) in [5.41, 5.74) is 0.0559. The second-order valence-electron chi connectivity index (χ2n) is 8.59. The number of hydrogen-bond donors (Lipinski definition) is 0. The molecule has 0 amide bonds. The minimum atomic E-state index is -4.43. The topological polar surface area (TPSA) is 55.6 Å². The maximum Gasteiger partial charge on any atom is 0.416 e. The third-order valence-corrected chi connectivity index (χ3v) is 6.54. The molecule has 0 spiro atoms. The van der Waals surface area contributed by atoms with Crippen LogP contribution in [0, 0.1) is 5.82 Å². The Morgan fingerprint density at radius 2 is 1.85 bits per heavy atom. The molecule has 2 heterocycles. The van der Waals surface area contributed by atoms with Crippen LogP contribution in [-0.4, -0.2) is 42.3 Å². The summed E-state index contributed by atoms with van der Waals surface area (Å²) >= 11 is 0. The Morgan fingerprint density at radius 1 is 1.15 bits per heavy atom. The van der Waals surface area contributed by atoms with E-state index in [0.29, 0.717) is 43.5 Å². The summed E-state index contributed by atoms with van der Waals surface area (Å²) in [4.78, 5) is 15.1. The Bertz CT molecular complexity index is 1130. The van der Waals surface area contributed by atoms with Gasteiger partial charge in [-0.3, -0.25) is 4.79 Å². The maximum atomic E-state index is 13.3. The molecule has 0 saturated carbocycles. The fourth-order valence-electron chi connectivity index (χ4n) is 4.63. The molecule has 0 aliphatic carbocycles. The Balaban J connectivity index is 1.40. The van der Waals surface area contributed by atoms with Crippen molar-refractivity contribution in [2.75, 3.05) is 26.2 Å². The zero-order chi connectivity index (χ0) is 24.3. The maximum absolute atomic E-state index is 13.3. The van der Waals surface area contributed by atoms with Gasteiger partial charge in [-0.05, 0) is 82.1 Å². The molecule has 0 atom stereocenters. The molecule has 1 saturated heterocycles. The number of rotatable bonds is 7. The number of nitrogens with zero attached hydrogens (tertiary/aromatic N) is 2. The average molecular weight is 478 g/mol. The summed E-state index contributed by atoms with van der Waals surface area (Å²) in [5.74, 6) is -0.766. The van der Waals surface area contributed by atoms with Crippen molar-refractivity contribution in [1.82, 2.24) is 10.1 Å². The van der Waals surface area contributed by atoms with Crippen LogP contribution < -0.4 is 0 Å². The number of aryl methyl sites for hydroxylation is 1. The van der Waals surface area contributed by atoms with Gasteiger partial charge in [0, 0.05) is 11.5 Å². The first-order chi connectivity index (χ1) is 16.2. The second kappa shape index (κ2) is 9.74. The van der Waals surface area contributed by atoms with Gasteiger partial charge >= 0.3 is 12.1 Å². The van der Waals surface area contributed by atoms with E-state index in [1.807, 2.05) is 0 Å². The fourth-order valence-corrected chi connectivity index (χ4v) is 4.63. The predicted octanol–water partition coefficient (Wildman–Crippen LogP) is 5.52. The minimum absolute atomic E-state index is 0.209. The molecule has 3 aromatic rings. The van der Waals surface area contributed by atoms with Crippen LogP contribution in [0.25, 0.3) is 11.0 Å². The van der Waals surface area contributed by atoms with Crippen molar-refractivity contribution in [2.24, 2.45) is 0 Å². The van der Waals surface area contributed by atoms with Gasteiger partial charge < -0.3 is 14.2 Å². The number of esters is 1. The standard InChI is InChI=1S/C25H26F4N2O3/c1-2-33-23(32)24(17-5-7-18(8-6-17)25(27,28)29)11-14-31(15-12-24)13-3-4-21-20-10-9-19(26)16-22(20)34-30-21/h5-10,16H,2-4,11-15H2,1H3. The Kier molecular flexibility index (Phi) is 6.93. The molecule has 0 bridgehead atoms. The van der Waals surface area contributed by atoms with E-state index >= 15 is 0 Å². The van der Waals surface area contributed by atoms with Crippen molar-refractivity contribution in [3.05, 3.63) is 65.1 Å². The molecule has 1 aliphatic heterocycles. The quantitative estimate of drug-likeness (QED) is 0.331. The second-order valence-corrected chi connectivity index (χ2v) is 8.59. The highest BCUT2D eigenvalue weighted by atomic mass is 19.4. The third kappa shape index (κ3) is 4.94. The molecule has 5 nitrogen and oxygen atoms in total. The van der Waals surface area contributed by atoms with Crippen molar-refractivity contribution < 1.29 is 31.6 Å². The molecular weight excluding hydrogens is 452 g/mol. The number of benzene rings is 2. The van der Waals surface area contributed by atoms with Gasteiger partial charge in [0.05, 0.1) is 23.3 Å². The predicted molar refractivity (Wildman–Crippen MR) is 118 cm³/mol. The molecule has 1 fully saturated rings. The fraction of sp³-hybridized carbons (Fsp3) is 0.440. The Morgan fingerprint density at radius 3 is 2.50 bits per heavy atom. The van der Waals surface area contributed by atoms with Gasteiger partial charge in [0.1, 0.15) is 5.82 Å². The van der Waals surface area contributed by atoms with E-state index in [9.17, 15) is 22.4 Å². The highest BCUT2D eigenvalue weighted by Crippen LogP contribution is 2.39. The SMILES string of the molecule is CCOC(=O)C1(c2ccc(C(F)(F)F)cc2)CCN(CCCc2noc3cc(F)ccc23)CC1. The largest absolute Gasteiger partial charge is 0.465 e. The van der Waals surface area contributed by atoms with Crippen molar-refractivity contribution >= 4 is 16.9 Å². The van der Waals surface area contributed by atoms with Crippen molar-refractivity contribution in [1.29, 1.82) is 0 Å². The van der Waals surface area contributed by atoms with E-state index in [4.69, 9.17) is 9.26 Å². The molecule has 1 aromatic heterocycles. The van der Waals surface area contributed by atoms with E-state index in [1.54, 1.807) is 13.0 Å². The zero-order valence-corrected chi connectivity index (χ0v) is 18.8.